The molecule has 2 rings (SSSR count). The second-order valence-corrected chi connectivity index (χ2v) is 7.46. The van der Waals surface area contributed by atoms with E-state index in [0.717, 1.165) is 19.6 Å². The van der Waals surface area contributed by atoms with Gasteiger partial charge in [0.05, 0.1) is 11.7 Å². The van der Waals surface area contributed by atoms with E-state index in [2.05, 4.69) is 50.7 Å². The number of rotatable bonds is 3. The normalized spacial score (nSPS) is 23.5. The number of likely N-dealkylation sites (N-methyl/N-ethyl adjacent to an activating group) is 1. The Morgan fingerprint density at radius 1 is 1.33 bits per heavy atom. The quantitative estimate of drug-likeness (QED) is 0.914. The lowest BCUT2D eigenvalue weighted by Crippen LogP contribution is -2.53. The molecule has 5 nitrogen and oxygen atoms in total. The van der Waals surface area contributed by atoms with E-state index in [1.54, 1.807) is 0 Å². The van der Waals surface area contributed by atoms with Gasteiger partial charge in [-0.1, -0.05) is 20.8 Å². The molecule has 0 bridgehead atoms. The minimum Gasteiger partial charge on any atom is -0.329 e. The van der Waals surface area contributed by atoms with Gasteiger partial charge in [-0.15, -0.1) is 0 Å². The first-order chi connectivity index (χ1) is 9.74. The number of nitrogens with two attached hydrogens (primary N) is 1. The molecule has 2 N–H and O–H groups in total. The third-order valence-corrected chi connectivity index (χ3v) is 4.43. The van der Waals surface area contributed by atoms with Crippen molar-refractivity contribution < 1.29 is 0 Å². The van der Waals surface area contributed by atoms with Crippen LogP contribution < -0.4 is 5.73 Å². The molecule has 0 radical (unpaired) electrons. The van der Waals surface area contributed by atoms with E-state index in [1.165, 1.54) is 11.3 Å². The van der Waals surface area contributed by atoms with Gasteiger partial charge in [0.2, 0.25) is 0 Å². The Kier molecular flexibility index (Phi) is 4.76. The Balaban J connectivity index is 2.34. The van der Waals surface area contributed by atoms with Gasteiger partial charge in [-0.25, -0.2) is 0 Å². The Bertz CT molecular complexity index is 474. The lowest BCUT2D eigenvalue weighted by atomic mass is 9.87. The van der Waals surface area contributed by atoms with Crippen LogP contribution in [0.3, 0.4) is 0 Å². The maximum Gasteiger partial charge on any atom is 0.0726 e. The van der Waals surface area contributed by atoms with E-state index in [-0.39, 0.29) is 11.5 Å². The van der Waals surface area contributed by atoms with Crippen LogP contribution >= 0.6 is 0 Å². The zero-order chi connectivity index (χ0) is 15.8. The van der Waals surface area contributed by atoms with Crippen molar-refractivity contribution in [3.05, 3.63) is 17.5 Å². The molecule has 2 unspecified atom stereocenters. The van der Waals surface area contributed by atoms with Gasteiger partial charge in [-0.05, 0) is 14.0 Å². The summed E-state index contributed by atoms with van der Waals surface area (Å²) in [5.41, 5.74) is 8.67. The fraction of sp³-hybridized carbons (Fsp3) is 0.812. The molecule has 2 heterocycles. The van der Waals surface area contributed by atoms with Crippen LogP contribution in [0.2, 0.25) is 0 Å². The maximum absolute atomic E-state index is 6.16. The third kappa shape index (κ3) is 3.47. The summed E-state index contributed by atoms with van der Waals surface area (Å²) in [6.45, 7) is 12.9. The first kappa shape index (κ1) is 16.5. The van der Waals surface area contributed by atoms with Gasteiger partial charge in [-0.2, -0.15) is 5.10 Å². The highest BCUT2D eigenvalue weighted by Crippen LogP contribution is 2.32. The molecule has 1 saturated heterocycles. The minimum absolute atomic E-state index is 0.0415. The van der Waals surface area contributed by atoms with Crippen LogP contribution in [0.4, 0.5) is 0 Å². The monoisotopic (exact) mass is 293 g/mol. The molecule has 5 heteroatoms. The summed E-state index contributed by atoms with van der Waals surface area (Å²) in [6, 6.07) is 0.780. The smallest absolute Gasteiger partial charge is 0.0726 e. The van der Waals surface area contributed by atoms with Crippen molar-refractivity contribution in [2.45, 2.75) is 45.2 Å². The van der Waals surface area contributed by atoms with E-state index in [9.17, 15) is 0 Å². The maximum atomic E-state index is 6.16. The number of hydrogen-bond acceptors (Lipinski definition) is 4. The van der Waals surface area contributed by atoms with E-state index >= 15 is 0 Å². The van der Waals surface area contributed by atoms with Crippen molar-refractivity contribution in [1.29, 1.82) is 0 Å². The molecule has 0 saturated carbocycles. The molecule has 0 spiro atoms. The Hall–Kier alpha value is -0.910. The van der Waals surface area contributed by atoms with Gasteiger partial charge in [0.25, 0.3) is 0 Å². The van der Waals surface area contributed by atoms with Crippen LogP contribution in [0.5, 0.6) is 0 Å². The van der Waals surface area contributed by atoms with Crippen molar-refractivity contribution in [3.8, 4) is 0 Å². The van der Waals surface area contributed by atoms with E-state index in [4.69, 9.17) is 10.8 Å². The molecular formula is C16H31N5. The first-order valence-corrected chi connectivity index (χ1v) is 7.92. The second-order valence-electron chi connectivity index (χ2n) is 7.46. The van der Waals surface area contributed by atoms with E-state index in [0.29, 0.717) is 12.6 Å². The summed E-state index contributed by atoms with van der Waals surface area (Å²) in [5.74, 6) is 0. The molecule has 0 aliphatic carbocycles. The van der Waals surface area contributed by atoms with Crippen LogP contribution in [0, 0.1) is 0 Å². The number of aromatic nitrogens is 2. The number of nitrogens with zero attached hydrogens (tertiary/aromatic N) is 4. The van der Waals surface area contributed by atoms with Crippen molar-refractivity contribution in [2.24, 2.45) is 12.8 Å². The lowest BCUT2D eigenvalue weighted by Gasteiger charge is -2.43. The molecule has 0 amide bonds. The minimum atomic E-state index is 0.0415. The zero-order valence-electron chi connectivity index (χ0n) is 14.4. The van der Waals surface area contributed by atoms with E-state index < -0.39 is 0 Å². The fourth-order valence-electron chi connectivity index (χ4n) is 3.39. The molecule has 1 aromatic heterocycles. The molecule has 1 aromatic rings. The summed E-state index contributed by atoms with van der Waals surface area (Å²) in [4.78, 5) is 4.94. The van der Waals surface area contributed by atoms with Gasteiger partial charge in [0, 0.05) is 56.4 Å². The average molecular weight is 293 g/mol. The van der Waals surface area contributed by atoms with Crippen LogP contribution in [-0.2, 0) is 12.5 Å². The molecular weight excluding hydrogens is 262 g/mol. The number of aryl methyl sites for hydroxylation is 1. The summed E-state index contributed by atoms with van der Waals surface area (Å²) in [5, 5.41) is 4.71. The van der Waals surface area contributed by atoms with Crippen LogP contribution in [0.25, 0.3) is 0 Å². The summed E-state index contributed by atoms with van der Waals surface area (Å²) < 4.78 is 1.93. The molecule has 0 aromatic carbocycles. The Morgan fingerprint density at radius 3 is 2.52 bits per heavy atom. The van der Waals surface area contributed by atoms with Gasteiger partial charge in [0.1, 0.15) is 0 Å². The average Bonchev–Trinajstić information content (AvgIpc) is 2.75. The van der Waals surface area contributed by atoms with Gasteiger partial charge >= 0.3 is 0 Å². The third-order valence-electron chi connectivity index (χ3n) is 4.43. The van der Waals surface area contributed by atoms with Crippen molar-refractivity contribution in [3.63, 3.8) is 0 Å². The highest BCUT2D eigenvalue weighted by atomic mass is 15.3. The Morgan fingerprint density at radius 2 is 2.00 bits per heavy atom. The molecule has 21 heavy (non-hydrogen) atoms. The van der Waals surface area contributed by atoms with Gasteiger partial charge < -0.3 is 10.6 Å². The summed E-state index contributed by atoms with van der Waals surface area (Å²) in [7, 11) is 4.19. The molecule has 120 valence electrons. The van der Waals surface area contributed by atoms with Crippen LogP contribution in [0.15, 0.2) is 6.20 Å². The van der Waals surface area contributed by atoms with Gasteiger partial charge in [0.15, 0.2) is 0 Å². The highest BCUT2D eigenvalue weighted by molar-refractivity contribution is 5.28. The largest absolute Gasteiger partial charge is 0.329 e. The predicted octanol–water partition coefficient (Wildman–Crippen LogP) is 1.35. The van der Waals surface area contributed by atoms with E-state index in [1.807, 2.05) is 11.7 Å². The first-order valence-electron chi connectivity index (χ1n) is 7.92. The number of piperazine rings is 1. The zero-order valence-corrected chi connectivity index (χ0v) is 14.4. The van der Waals surface area contributed by atoms with Crippen LogP contribution in [0.1, 0.15) is 45.0 Å². The van der Waals surface area contributed by atoms with Crippen molar-refractivity contribution in [2.75, 3.05) is 33.2 Å². The molecule has 1 aliphatic rings. The number of hydrogen-bond donors (Lipinski definition) is 1. The molecule has 2 atom stereocenters. The van der Waals surface area contributed by atoms with Crippen LogP contribution in [-0.4, -0.2) is 58.8 Å². The standard InChI is InChI=1S/C16H31N5/c1-12-10-19(5)7-8-21(12)14(9-17)13-11-20(6)18-15(13)16(2,3)4/h11-12,14H,7-10,17H2,1-6H3. The van der Waals surface area contributed by atoms with Crippen molar-refractivity contribution >= 4 is 0 Å². The Labute approximate surface area is 129 Å². The van der Waals surface area contributed by atoms with Crippen molar-refractivity contribution in [1.82, 2.24) is 19.6 Å². The summed E-state index contributed by atoms with van der Waals surface area (Å²) >= 11 is 0. The van der Waals surface area contributed by atoms with Gasteiger partial charge in [-0.3, -0.25) is 9.58 Å². The molecule has 1 fully saturated rings. The molecule has 1 aliphatic heterocycles. The predicted molar refractivity (Wildman–Crippen MR) is 87.4 cm³/mol. The summed E-state index contributed by atoms with van der Waals surface area (Å²) in [6.07, 6.45) is 2.16. The highest BCUT2D eigenvalue weighted by Gasteiger charge is 2.33. The lowest BCUT2D eigenvalue weighted by molar-refractivity contribution is 0.0629. The SMILES string of the molecule is CC1CN(C)CCN1C(CN)c1cn(C)nc1C(C)(C)C. The second kappa shape index (κ2) is 6.07. The fourth-order valence-corrected chi connectivity index (χ4v) is 3.39. The topological polar surface area (TPSA) is 50.3 Å².